The maximum atomic E-state index is 10.3. The highest BCUT2D eigenvalue weighted by molar-refractivity contribution is 9.11. The minimum atomic E-state index is -0.125. The molecule has 0 amide bonds. The van der Waals surface area contributed by atoms with Crippen LogP contribution in [0.15, 0.2) is 44.4 Å². The molecule has 3 N–H and O–H groups in total. The van der Waals surface area contributed by atoms with Crippen molar-refractivity contribution in [1.82, 2.24) is 9.97 Å². The Morgan fingerprint density at radius 3 is 2.54 bits per heavy atom. The number of phenolic OH excluding ortho intramolecular Hbond substituents is 2. The normalized spacial score (nSPS) is 11.2. The monoisotopic (exact) mass is 544 g/mol. The lowest BCUT2D eigenvalue weighted by atomic mass is 10.2. The third-order valence-corrected chi connectivity index (χ3v) is 5.13. The lowest BCUT2D eigenvalue weighted by Crippen LogP contribution is -1.99. The van der Waals surface area contributed by atoms with Crippen molar-refractivity contribution in [3.63, 3.8) is 0 Å². The number of rotatable bonds is 4. The van der Waals surface area contributed by atoms with Crippen LogP contribution in [0.4, 0.5) is 5.82 Å². The zero-order valence-electron chi connectivity index (χ0n) is 14.2. The highest BCUT2D eigenvalue weighted by Crippen LogP contribution is 2.37. The van der Waals surface area contributed by atoms with Crippen LogP contribution in [-0.2, 0) is 0 Å². The summed E-state index contributed by atoms with van der Waals surface area (Å²) in [6.45, 7) is 1.80. The summed E-state index contributed by atoms with van der Waals surface area (Å²) in [6.07, 6.45) is 1.37. The van der Waals surface area contributed by atoms with Gasteiger partial charge in [0.25, 0.3) is 0 Å². The van der Waals surface area contributed by atoms with Gasteiger partial charge in [-0.05, 0) is 47.1 Å². The van der Waals surface area contributed by atoms with E-state index in [0.29, 0.717) is 38.0 Å². The number of benzene rings is 2. The molecule has 1 aromatic heterocycles. The van der Waals surface area contributed by atoms with Crippen molar-refractivity contribution in [1.29, 1.82) is 0 Å². The van der Waals surface area contributed by atoms with Crippen LogP contribution in [0, 0.1) is 6.92 Å². The highest BCUT2D eigenvalue weighted by Gasteiger charge is 2.13. The number of nitrogens with one attached hydrogen (secondary N) is 1. The topological polar surface area (TPSA) is 90.6 Å². The number of phenols is 2. The van der Waals surface area contributed by atoms with Crippen LogP contribution >= 0.6 is 55.1 Å². The predicted molar refractivity (Wildman–Crippen MR) is 119 cm³/mol. The van der Waals surface area contributed by atoms with Gasteiger partial charge in [-0.2, -0.15) is 5.10 Å². The molecule has 0 aliphatic heterocycles. The van der Waals surface area contributed by atoms with Crippen molar-refractivity contribution >= 4 is 67.1 Å². The Balaban J connectivity index is 1.91. The van der Waals surface area contributed by atoms with Gasteiger partial charge in [-0.1, -0.05) is 39.1 Å². The molecule has 144 valence electrons. The van der Waals surface area contributed by atoms with E-state index in [2.05, 4.69) is 52.4 Å². The first-order valence-corrected chi connectivity index (χ1v) is 10.1. The van der Waals surface area contributed by atoms with Crippen molar-refractivity contribution in [2.75, 3.05) is 5.43 Å². The fourth-order valence-corrected chi connectivity index (χ4v) is 4.07. The maximum Gasteiger partial charge on any atom is 0.165 e. The Labute approximate surface area is 187 Å². The molecular formula is C18H12Br2Cl2N4O2. The SMILES string of the molecule is Cc1cc(NN=Cc2cc(Cl)cc(Cl)c2O)nc(-c2cc(Br)cc(Br)c2O)n1. The fraction of sp³-hybridized carbons (Fsp3) is 0.0556. The Hall–Kier alpha value is -1.87. The van der Waals surface area contributed by atoms with Crippen LogP contribution in [0.25, 0.3) is 11.4 Å². The second kappa shape index (κ2) is 8.65. The van der Waals surface area contributed by atoms with Gasteiger partial charge >= 0.3 is 0 Å². The quantitative estimate of drug-likeness (QED) is 0.270. The summed E-state index contributed by atoms with van der Waals surface area (Å²) in [4.78, 5) is 8.75. The predicted octanol–water partition coefficient (Wildman–Crippen LogP) is 6.14. The maximum absolute atomic E-state index is 10.3. The Morgan fingerprint density at radius 1 is 1.04 bits per heavy atom. The Kier molecular flexibility index (Phi) is 6.44. The number of nitrogens with zero attached hydrogens (tertiary/aromatic N) is 3. The first kappa shape index (κ1) is 20.9. The highest BCUT2D eigenvalue weighted by atomic mass is 79.9. The van der Waals surface area contributed by atoms with Gasteiger partial charge in [-0.3, -0.25) is 5.43 Å². The van der Waals surface area contributed by atoms with E-state index in [-0.39, 0.29) is 16.5 Å². The molecule has 0 bridgehead atoms. The summed E-state index contributed by atoms with van der Waals surface area (Å²) in [5.74, 6) is 0.634. The van der Waals surface area contributed by atoms with Crippen molar-refractivity contribution < 1.29 is 10.2 Å². The molecule has 0 atom stereocenters. The average molecular weight is 547 g/mol. The zero-order valence-corrected chi connectivity index (χ0v) is 18.9. The second-order valence-electron chi connectivity index (χ2n) is 5.70. The summed E-state index contributed by atoms with van der Waals surface area (Å²) in [5.41, 5.74) is 4.25. The number of hydrogen-bond acceptors (Lipinski definition) is 6. The molecule has 0 saturated carbocycles. The lowest BCUT2D eigenvalue weighted by Gasteiger charge is -2.09. The molecule has 0 aliphatic rings. The van der Waals surface area contributed by atoms with Gasteiger partial charge in [0.2, 0.25) is 0 Å². The molecule has 0 spiro atoms. The molecule has 1 heterocycles. The molecule has 3 aromatic rings. The number of hydrazone groups is 1. The van der Waals surface area contributed by atoms with Crippen LogP contribution < -0.4 is 5.43 Å². The van der Waals surface area contributed by atoms with E-state index >= 15 is 0 Å². The van der Waals surface area contributed by atoms with E-state index in [1.165, 1.54) is 18.3 Å². The number of anilines is 1. The van der Waals surface area contributed by atoms with Crippen LogP contribution in [-0.4, -0.2) is 26.4 Å². The van der Waals surface area contributed by atoms with Crippen LogP contribution in [0.2, 0.25) is 10.0 Å². The molecule has 0 saturated heterocycles. The van der Waals surface area contributed by atoms with E-state index in [0.717, 1.165) is 4.47 Å². The molecular weight excluding hydrogens is 535 g/mol. The third-order valence-electron chi connectivity index (χ3n) is 3.56. The third kappa shape index (κ3) is 4.75. The summed E-state index contributed by atoms with van der Waals surface area (Å²) in [6, 6.07) is 8.10. The van der Waals surface area contributed by atoms with Gasteiger partial charge < -0.3 is 10.2 Å². The number of halogens is 4. The van der Waals surface area contributed by atoms with Crippen LogP contribution in [0.5, 0.6) is 11.5 Å². The van der Waals surface area contributed by atoms with E-state index in [4.69, 9.17) is 23.2 Å². The van der Waals surface area contributed by atoms with Crippen LogP contribution in [0.3, 0.4) is 0 Å². The summed E-state index contributed by atoms with van der Waals surface area (Å²) in [7, 11) is 0. The first-order valence-electron chi connectivity index (χ1n) is 7.75. The standard InChI is InChI=1S/C18H12Br2Cl2N4O2/c1-8-2-15(26-23-7-9-3-11(21)6-14(22)16(9)27)25-18(24-8)12-4-10(19)5-13(20)17(12)28/h2-7,27-28H,1H3,(H,24,25,26). The average Bonchev–Trinajstić information content (AvgIpc) is 2.61. The Morgan fingerprint density at radius 2 is 1.79 bits per heavy atom. The van der Waals surface area contributed by atoms with Gasteiger partial charge in [-0.15, -0.1) is 0 Å². The van der Waals surface area contributed by atoms with Crippen LogP contribution in [0.1, 0.15) is 11.3 Å². The summed E-state index contributed by atoms with van der Waals surface area (Å²) < 4.78 is 1.28. The minimum Gasteiger partial charge on any atom is -0.506 e. The summed E-state index contributed by atoms with van der Waals surface area (Å²) in [5, 5.41) is 24.9. The van der Waals surface area contributed by atoms with Gasteiger partial charge in [0, 0.05) is 26.8 Å². The number of aromatic hydroxyl groups is 2. The minimum absolute atomic E-state index is 0.0294. The summed E-state index contributed by atoms with van der Waals surface area (Å²) >= 11 is 18.5. The zero-order chi connectivity index (χ0) is 20.4. The number of aromatic nitrogens is 2. The largest absolute Gasteiger partial charge is 0.506 e. The van der Waals surface area contributed by atoms with Gasteiger partial charge in [0.15, 0.2) is 11.6 Å². The number of aryl methyl sites for hydroxylation is 1. The second-order valence-corrected chi connectivity index (χ2v) is 8.31. The first-order chi connectivity index (χ1) is 13.2. The van der Waals surface area contributed by atoms with Crippen molar-refractivity contribution in [3.05, 3.63) is 60.6 Å². The number of hydrogen-bond donors (Lipinski definition) is 3. The molecule has 10 heteroatoms. The van der Waals surface area contributed by atoms with Gasteiger partial charge in [-0.25, -0.2) is 9.97 Å². The van der Waals surface area contributed by atoms with Crippen molar-refractivity contribution in [2.45, 2.75) is 6.92 Å². The fourth-order valence-electron chi connectivity index (χ4n) is 2.33. The molecule has 28 heavy (non-hydrogen) atoms. The smallest absolute Gasteiger partial charge is 0.165 e. The van der Waals surface area contributed by atoms with Crippen molar-refractivity contribution in [3.8, 4) is 22.9 Å². The molecule has 6 nitrogen and oxygen atoms in total. The molecule has 0 aliphatic carbocycles. The molecule has 0 unspecified atom stereocenters. The molecule has 2 aromatic carbocycles. The van der Waals surface area contributed by atoms with Gasteiger partial charge in [0.1, 0.15) is 11.5 Å². The van der Waals surface area contributed by atoms with E-state index in [9.17, 15) is 10.2 Å². The van der Waals surface area contributed by atoms with Crippen molar-refractivity contribution in [2.24, 2.45) is 5.10 Å². The molecule has 3 rings (SSSR count). The molecule has 0 fully saturated rings. The lowest BCUT2D eigenvalue weighted by molar-refractivity contribution is 0.473. The van der Waals surface area contributed by atoms with E-state index in [1.54, 1.807) is 25.1 Å². The molecule has 0 radical (unpaired) electrons. The Bertz CT molecular complexity index is 1090. The van der Waals surface area contributed by atoms with E-state index < -0.39 is 0 Å². The van der Waals surface area contributed by atoms with Gasteiger partial charge in [0.05, 0.1) is 21.3 Å². The van der Waals surface area contributed by atoms with E-state index in [1.807, 2.05) is 0 Å².